The van der Waals surface area contributed by atoms with Gasteiger partial charge in [-0.1, -0.05) is 0 Å². The standard InChI is InChI=1S/C14H12N4O5/c1-3-23-14(20)11-7(2)17-10-6-8(18(21)22)4-5-9(10)15-13(19)12(17)16-11/h4-6H,3H2,1-2H3,(H,15,19). The number of benzene rings is 1. The van der Waals surface area contributed by atoms with E-state index in [1.54, 1.807) is 13.8 Å². The van der Waals surface area contributed by atoms with E-state index in [0.717, 1.165) is 0 Å². The molecule has 0 aliphatic rings. The number of aryl methyl sites for hydroxylation is 1. The Bertz CT molecular complexity index is 1020. The number of nitro benzene ring substituents is 1. The van der Waals surface area contributed by atoms with Crippen molar-refractivity contribution in [2.24, 2.45) is 0 Å². The van der Waals surface area contributed by atoms with E-state index in [1.165, 1.54) is 22.6 Å². The molecule has 2 heterocycles. The summed E-state index contributed by atoms with van der Waals surface area (Å²) in [5.41, 5.74) is 0.546. The summed E-state index contributed by atoms with van der Waals surface area (Å²) >= 11 is 0. The molecule has 9 nitrogen and oxygen atoms in total. The molecule has 23 heavy (non-hydrogen) atoms. The third kappa shape index (κ3) is 2.22. The van der Waals surface area contributed by atoms with E-state index in [2.05, 4.69) is 9.97 Å². The smallest absolute Gasteiger partial charge is 0.358 e. The predicted octanol–water partition coefficient (Wildman–Crippen LogP) is 1.57. The fraction of sp³-hybridized carbons (Fsp3) is 0.214. The third-order valence-electron chi connectivity index (χ3n) is 3.46. The molecular weight excluding hydrogens is 304 g/mol. The van der Waals surface area contributed by atoms with Gasteiger partial charge in [0.15, 0.2) is 5.69 Å². The van der Waals surface area contributed by atoms with Gasteiger partial charge in [-0.2, -0.15) is 0 Å². The number of nitrogens with zero attached hydrogens (tertiary/aromatic N) is 3. The maximum Gasteiger partial charge on any atom is 0.358 e. The molecule has 1 aromatic carbocycles. The molecule has 0 radical (unpaired) electrons. The molecule has 0 unspecified atom stereocenters. The van der Waals surface area contributed by atoms with Crippen LogP contribution < -0.4 is 5.56 Å². The highest BCUT2D eigenvalue weighted by molar-refractivity contribution is 5.91. The number of carbonyl (C=O) groups is 1. The molecule has 2 aromatic heterocycles. The Morgan fingerprint density at radius 2 is 2.22 bits per heavy atom. The molecular formula is C14H12N4O5. The van der Waals surface area contributed by atoms with E-state index in [4.69, 9.17) is 4.74 Å². The summed E-state index contributed by atoms with van der Waals surface area (Å²) in [5, 5.41) is 11.0. The number of fused-ring (bicyclic) bond motifs is 3. The predicted molar refractivity (Wildman–Crippen MR) is 80.7 cm³/mol. The van der Waals surface area contributed by atoms with Crippen molar-refractivity contribution >= 4 is 28.3 Å². The lowest BCUT2D eigenvalue weighted by Gasteiger charge is -2.04. The molecule has 0 fully saturated rings. The van der Waals surface area contributed by atoms with Crippen LogP contribution in [0, 0.1) is 17.0 Å². The molecule has 118 valence electrons. The molecule has 9 heteroatoms. The van der Waals surface area contributed by atoms with Crippen molar-refractivity contribution in [1.82, 2.24) is 14.4 Å². The van der Waals surface area contributed by atoms with Gasteiger partial charge in [-0.25, -0.2) is 9.78 Å². The highest BCUT2D eigenvalue weighted by Gasteiger charge is 2.21. The van der Waals surface area contributed by atoms with Crippen molar-refractivity contribution in [2.75, 3.05) is 6.61 Å². The molecule has 3 aromatic rings. The van der Waals surface area contributed by atoms with Crippen LogP contribution in [0.5, 0.6) is 0 Å². The number of hydrogen-bond acceptors (Lipinski definition) is 6. The second-order valence-electron chi connectivity index (χ2n) is 4.84. The van der Waals surface area contributed by atoms with Gasteiger partial charge in [0.1, 0.15) is 0 Å². The van der Waals surface area contributed by atoms with Gasteiger partial charge in [0.05, 0.1) is 28.3 Å². The van der Waals surface area contributed by atoms with Crippen LogP contribution in [-0.2, 0) is 4.74 Å². The lowest BCUT2D eigenvalue weighted by molar-refractivity contribution is -0.384. The van der Waals surface area contributed by atoms with Crippen molar-refractivity contribution in [3.63, 3.8) is 0 Å². The molecule has 0 bridgehead atoms. The fourth-order valence-electron chi connectivity index (χ4n) is 2.44. The molecule has 0 atom stereocenters. The Morgan fingerprint density at radius 3 is 2.87 bits per heavy atom. The van der Waals surface area contributed by atoms with Gasteiger partial charge in [0.2, 0.25) is 5.65 Å². The van der Waals surface area contributed by atoms with Gasteiger partial charge in [-0.3, -0.25) is 19.3 Å². The largest absolute Gasteiger partial charge is 0.461 e. The van der Waals surface area contributed by atoms with Crippen LogP contribution in [0.4, 0.5) is 5.69 Å². The van der Waals surface area contributed by atoms with Crippen molar-refractivity contribution < 1.29 is 14.5 Å². The van der Waals surface area contributed by atoms with E-state index in [-0.39, 0.29) is 23.6 Å². The van der Waals surface area contributed by atoms with Gasteiger partial charge in [-0.05, 0) is 19.9 Å². The minimum absolute atomic E-state index is 0.0105. The number of non-ortho nitro benzene ring substituents is 1. The first-order valence-corrected chi connectivity index (χ1v) is 6.80. The molecule has 0 saturated heterocycles. The molecule has 3 rings (SSSR count). The number of ether oxygens (including phenoxy) is 1. The number of H-pyrrole nitrogens is 1. The summed E-state index contributed by atoms with van der Waals surface area (Å²) in [4.78, 5) is 41.1. The van der Waals surface area contributed by atoms with Crippen LogP contribution in [0.25, 0.3) is 16.7 Å². The number of imidazole rings is 1. The van der Waals surface area contributed by atoms with E-state index in [1.807, 2.05) is 0 Å². The molecule has 0 spiro atoms. The van der Waals surface area contributed by atoms with Crippen molar-refractivity contribution in [3.8, 4) is 0 Å². The Labute approximate surface area is 128 Å². The lowest BCUT2D eigenvalue weighted by Crippen LogP contribution is -2.11. The van der Waals surface area contributed by atoms with E-state index >= 15 is 0 Å². The Balaban J connectivity index is 2.41. The van der Waals surface area contributed by atoms with Crippen LogP contribution in [0.1, 0.15) is 23.1 Å². The molecule has 0 aliphatic heterocycles. The second kappa shape index (κ2) is 5.20. The lowest BCUT2D eigenvalue weighted by atomic mass is 10.2. The molecule has 0 saturated carbocycles. The van der Waals surface area contributed by atoms with E-state index in [9.17, 15) is 19.7 Å². The summed E-state index contributed by atoms with van der Waals surface area (Å²) in [5.74, 6) is -0.647. The first kappa shape index (κ1) is 14.7. The molecule has 0 amide bonds. The van der Waals surface area contributed by atoms with Crippen LogP contribution in [0.3, 0.4) is 0 Å². The minimum atomic E-state index is -0.647. The number of aromatic nitrogens is 3. The zero-order chi connectivity index (χ0) is 16.7. The number of rotatable bonds is 3. The highest BCUT2D eigenvalue weighted by Crippen LogP contribution is 2.22. The number of hydrogen-bond donors (Lipinski definition) is 1. The first-order chi connectivity index (χ1) is 10.9. The van der Waals surface area contributed by atoms with Gasteiger partial charge in [-0.15, -0.1) is 0 Å². The van der Waals surface area contributed by atoms with Gasteiger partial charge in [0.25, 0.3) is 11.2 Å². The number of nitrogens with one attached hydrogen (secondary N) is 1. The molecule has 1 N–H and O–H groups in total. The van der Waals surface area contributed by atoms with E-state index in [0.29, 0.717) is 16.7 Å². The minimum Gasteiger partial charge on any atom is -0.461 e. The van der Waals surface area contributed by atoms with Gasteiger partial charge < -0.3 is 9.72 Å². The summed E-state index contributed by atoms with van der Waals surface area (Å²) < 4.78 is 6.34. The van der Waals surface area contributed by atoms with Crippen molar-refractivity contribution in [2.45, 2.75) is 13.8 Å². The van der Waals surface area contributed by atoms with E-state index < -0.39 is 16.5 Å². The number of nitro groups is 1. The van der Waals surface area contributed by atoms with Gasteiger partial charge in [0, 0.05) is 12.1 Å². The zero-order valence-corrected chi connectivity index (χ0v) is 12.3. The zero-order valence-electron chi connectivity index (χ0n) is 12.3. The van der Waals surface area contributed by atoms with Crippen molar-refractivity contribution in [3.05, 3.63) is 50.1 Å². The van der Waals surface area contributed by atoms with Crippen LogP contribution in [0.15, 0.2) is 23.0 Å². The maximum atomic E-state index is 12.1. The van der Waals surface area contributed by atoms with Crippen LogP contribution >= 0.6 is 0 Å². The third-order valence-corrected chi connectivity index (χ3v) is 3.46. The Kier molecular flexibility index (Phi) is 3.32. The summed E-state index contributed by atoms with van der Waals surface area (Å²) in [7, 11) is 0. The van der Waals surface area contributed by atoms with Crippen LogP contribution in [-0.4, -0.2) is 31.9 Å². The SMILES string of the molecule is CCOC(=O)c1nc2c(=O)[nH]c3ccc([N+](=O)[O-])cc3n2c1C. The highest BCUT2D eigenvalue weighted by atomic mass is 16.6. The maximum absolute atomic E-state index is 12.1. The normalized spacial score (nSPS) is 11.0. The number of aromatic amines is 1. The topological polar surface area (TPSA) is 120 Å². The Hall–Kier alpha value is -3.23. The van der Waals surface area contributed by atoms with Gasteiger partial charge >= 0.3 is 5.97 Å². The number of carbonyl (C=O) groups excluding carboxylic acids is 1. The summed E-state index contributed by atoms with van der Waals surface area (Å²) in [6.45, 7) is 3.44. The quantitative estimate of drug-likeness (QED) is 0.445. The summed E-state index contributed by atoms with van der Waals surface area (Å²) in [6.07, 6.45) is 0. The average molecular weight is 316 g/mol. The second-order valence-corrected chi connectivity index (χ2v) is 4.84. The van der Waals surface area contributed by atoms with Crippen LogP contribution in [0.2, 0.25) is 0 Å². The summed E-state index contributed by atoms with van der Waals surface area (Å²) in [6, 6.07) is 4.06. The Morgan fingerprint density at radius 1 is 1.48 bits per heavy atom. The molecule has 0 aliphatic carbocycles. The monoisotopic (exact) mass is 316 g/mol. The average Bonchev–Trinajstić information content (AvgIpc) is 2.86. The fourth-order valence-corrected chi connectivity index (χ4v) is 2.44. The number of esters is 1. The van der Waals surface area contributed by atoms with Crippen molar-refractivity contribution in [1.29, 1.82) is 0 Å². The first-order valence-electron chi connectivity index (χ1n) is 6.80.